The molecular weight excluding hydrogens is 473 g/mol. The van der Waals surface area contributed by atoms with Crippen LogP contribution in [0.15, 0.2) is 6.07 Å². The summed E-state index contributed by atoms with van der Waals surface area (Å²) in [7, 11) is 1.57. The van der Waals surface area contributed by atoms with Gasteiger partial charge in [0.05, 0.1) is 19.0 Å². The Labute approximate surface area is 186 Å². The smallest absolute Gasteiger partial charge is 0.407 e. The zero-order valence-electron chi connectivity index (χ0n) is 14.9. The second-order valence-corrected chi connectivity index (χ2v) is 7.63. The summed E-state index contributed by atoms with van der Waals surface area (Å²) in [4.78, 5) is 21.6. The average molecular weight is 489 g/mol. The monoisotopic (exact) mass is 486 g/mol. The van der Waals surface area contributed by atoms with Crippen molar-refractivity contribution in [2.45, 2.75) is 25.3 Å². The van der Waals surface area contributed by atoms with Crippen molar-refractivity contribution in [1.82, 2.24) is 20.3 Å². The predicted octanol–water partition coefficient (Wildman–Crippen LogP) is 5.57. The highest BCUT2D eigenvalue weighted by molar-refractivity contribution is 6.33. The van der Waals surface area contributed by atoms with Crippen LogP contribution >= 0.6 is 58.0 Å². The summed E-state index contributed by atoms with van der Waals surface area (Å²) in [5.74, 6) is 0.630. The number of benzene rings is 1. The van der Waals surface area contributed by atoms with Crippen LogP contribution in [0.1, 0.15) is 35.1 Å². The molecule has 1 aliphatic heterocycles. The van der Waals surface area contributed by atoms with E-state index in [-0.39, 0.29) is 21.2 Å². The van der Waals surface area contributed by atoms with Crippen molar-refractivity contribution in [3.8, 4) is 5.75 Å². The Morgan fingerprint density at radius 2 is 1.71 bits per heavy atom. The van der Waals surface area contributed by atoms with Crippen molar-refractivity contribution in [2.75, 3.05) is 13.7 Å². The molecular formula is C16H15Cl5N4O3. The molecule has 0 saturated carbocycles. The second kappa shape index (κ2) is 9.98. The Hall–Kier alpha value is -1.25. The first-order chi connectivity index (χ1) is 13.1. The van der Waals surface area contributed by atoms with Crippen molar-refractivity contribution < 1.29 is 14.3 Å². The molecule has 1 aromatic carbocycles. The zero-order chi connectivity index (χ0) is 21.0. The van der Waals surface area contributed by atoms with Gasteiger partial charge in [-0.25, -0.2) is 4.79 Å². The Balaban J connectivity index is 0.000000261. The van der Waals surface area contributed by atoms with E-state index in [0.29, 0.717) is 17.3 Å². The number of ether oxygens (including phenoxy) is 2. The number of alkyl carbamates (subject to hydrolysis) is 1. The van der Waals surface area contributed by atoms with Gasteiger partial charge in [0.25, 0.3) is 0 Å². The fraction of sp³-hybridized carbons (Fsp3) is 0.375. The van der Waals surface area contributed by atoms with E-state index in [1.807, 2.05) is 13.8 Å². The number of halogens is 5. The molecule has 2 atom stereocenters. The summed E-state index contributed by atoms with van der Waals surface area (Å²) in [6.45, 7) is 4.11. The Kier molecular flexibility index (Phi) is 8.21. The van der Waals surface area contributed by atoms with E-state index in [1.54, 1.807) is 13.2 Å². The molecule has 2 heterocycles. The maximum Gasteiger partial charge on any atom is 0.407 e. The number of rotatable bonds is 3. The Morgan fingerprint density at radius 1 is 1.18 bits per heavy atom. The van der Waals surface area contributed by atoms with Gasteiger partial charge in [-0.05, 0) is 60.3 Å². The van der Waals surface area contributed by atoms with Crippen LogP contribution in [0, 0.1) is 6.92 Å². The molecule has 0 spiro atoms. The van der Waals surface area contributed by atoms with Crippen LogP contribution in [0.25, 0.3) is 0 Å². The molecule has 1 fully saturated rings. The lowest BCUT2D eigenvalue weighted by Crippen LogP contribution is -2.13. The first-order valence-electron chi connectivity index (χ1n) is 7.82. The van der Waals surface area contributed by atoms with E-state index in [2.05, 4.69) is 20.3 Å². The van der Waals surface area contributed by atoms with E-state index >= 15 is 0 Å². The largest absolute Gasteiger partial charge is 0.496 e. The van der Waals surface area contributed by atoms with Crippen molar-refractivity contribution in [2.24, 2.45) is 0 Å². The summed E-state index contributed by atoms with van der Waals surface area (Å²) in [6, 6.07) is 1.79. The minimum absolute atomic E-state index is 0.000000000000000444. The van der Waals surface area contributed by atoms with E-state index in [0.717, 1.165) is 16.7 Å². The van der Waals surface area contributed by atoms with E-state index in [4.69, 9.17) is 67.5 Å². The first kappa shape index (κ1) is 23.0. The molecule has 28 heavy (non-hydrogen) atoms. The third-order valence-corrected chi connectivity index (χ3v) is 4.88. The Morgan fingerprint density at radius 3 is 2.11 bits per heavy atom. The topological polar surface area (TPSA) is 86.2 Å². The van der Waals surface area contributed by atoms with Gasteiger partial charge in [0.2, 0.25) is 15.9 Å². The molecule has 1 aromatic heterocycles. The molecule has 2 aromatic rings. The van der Waals surface area contributed by atoms with Crippen molar-refractivity contribution >= 4 is 64.1 Å². The van der Waals surface area contributed by atoms with Crippen molar-refractivity contribution in [3.05, 3.63) is 43.6 Å². The third kappa shape index (κ3) is 5.64. The molecule has 0 radical (unpaired) electrons. The number of nitrogens with one attached hydrogen (secondary N) is 1. The lowest BCUT2D eigenvalue weighted by Gasteiger charge is -2.21. The number of aromatic nitrogens is 3. The van der Waals surface area contributed by atoms with Crippen LogP contribution in [0.5, 0.6) is 5.75 Å². The van der Waals surface area contributed by atoms with Gasteiger partial charge in [-0.3, -0.25) is 0 Å². The maximum absolute atomic E-state index is 11.2. The second-order valence-electron chi connectivity index (χ2n) is 5.55. The molecule has 152 valence electrons. The van der Waals surface area contributed by atoms with Gasteiger partial charge in [-0.1, -0.05) is 11.6 Å². The fourth-order valence-corrected chi connectivity index (χ4v) is 3.52. The van der Waals surface area contributed by atoms with E-state index in [9.17, 15) is 4.79 Å². The van der Waals surface area contributed by atoms with Crippen LogP contribution in [-0.4, -0.2) is 34.7 Å². The average Bonchev–Trinajstić information content (AvgIpc) is 3.01. The zero-order valence-corrected chi connectivity index (χ0v) is 18.7. The molecule has 1 aliphatic rings. The number of nitrogens with zero attached hydrogens (tertiary/aromatic N) is 3. The lowest BCUT2D eigenvalue weighted by atomic mass is 9.97. The number of alkyl halides is 1. The summed E-state index contributed by atoms with van der Waals surface area (Å²) in [5.41, 5.74) is 2.40. The molecule has 1 saturated heterocycles. The van der Waals surface area contributed by atoms with Gasteiger partial charge in [0.1, 0.15) is 11.9 Å². The SMILES string of the molecule is COc1c(C(C)Cl)cc(Cl)c(C)c1C1CNC(=O)O1.Clc1nc(Cl)nc(Cl)n1. The minimum Gasteiger partial charge on any atom is -0.496 e. The van der Waals surface area contributed by atoms with Crippen LogP contribution in [0.2, 0.25) is 20.9 Å². The summed E-state index contributed by atoms with van der Waals surface area (Å²) >= 11 is 28.3. The number of carbonyl (C=O) groups excluding carboxylic acids is 1. The lowest BCUT2D eigenvalue weighted by molar-refractivity contribution is 0.139. The van der Waals surface area contributed by atoms with Crippen LogP contribution in [0.3, 0.4) is 0 Å². The third-order valence-electron chi connectivity index (χ3n) is 3.74. The minimum atomic E-state index is -0.438. The standard InChI is InChI=1S/C13H15Cl2NO3.C3Cl3N3/c1-6-9(15)4-8(7(2)14)12(18-3)11(6)10-5-16-13(17)19-10;4-1-7-2(5)9-3(6)8-1/h4,7,10H,5H2,1-3H3,(H,16,17);. The quantitative estimate of drug-likeness (QED) is 0.569. The molecule has 12 heteroatoms. The number of cyclic esters (lactones) is 1. The number of hydrogen-bond acceptors (Lipinski definition) is 6. The van der Waals surface area contributed by atoms with Crippen LogP contribution in [-0.2, 0) is 4.74 Å². The van der Waals surface area contributed by atoms with Crippen molar-refractivity contribution in [1.29, 1.82) is 0 Å². The normalized spacial score (nSPS) is 16.6. The van der Waals surface area contributed by atoms with Gasteiger partial charge < -0.3 is 14.8 Å². The van der Waals surface area contributed by atoms with Crippen molar-refractivity contribution in [3.63, 3.8) is 0 Å². The van der Waals surface area contributed by atoms with E-state index < -0.39 is 12.2 Å². The predicted molar refractivity (Wildman–Crippen MR) is 109 cm³/mol. The number of methoxy groups -OCH3 is 1. The van der Waals surface area contributed by atoms with Gasteiger partial charge in [-0.15, -0.1) is 11.6 Å². The highest BCUT2D eigenvalue weighted by atomic mass is 35.5. The summed E-state index contributed by atoms with van der Waals surface area (Å²) in [6.07, 6.45) is -0.845. The molecule has 1 N–H and O–H groups in total. The molecule has 3 rings (SSSR count). The highest BCUT2D eigenvalue weighted by Crippen LogP contribution is 2.42. The van der Waals surface area contributed by atoms with Crippen LogP contribution in [0.4, 0.5) is 4.79 Å². The van der Waals surface area contributed by atoms with Gasteiger partial charge >= 0.3 is 6.09 Å². The maximum atomic E-state index is 11.2. The number of hydrogen-bond donors (Lipinski definition) is 1. The van der Waals surface area contributed by atoms with Crippen LogP contribution < -0.4 is 10.1 Å². The molecule has 0 aliphatic carbocycles. The van der Waals surface area contributed by atoms with Gasteiger partial charge in [0.15, 0.2) is 0 Å². The number of amides is 1. The van der Waals surface area contributed by atoms with Gasteiger partial charge in [-0.2, -0.15) is 15.0 Å². The Bertz CT molecular complexity index is 831. The highest BCUT2D eigenvalue weighted by Gasteiger charge is 2.31. The molecule has 1 amide bonds. The van der Waals surface area contributed by atoms with Gasteiger partial charge in [0, 0.05) is 16.1 Å². The molecule has 0 bridgehead atoms. The molecule has 7 nitrogen and oxygen atoms in total. The fourth-order valence-electron chi connectivity index (χ4n) is 2.53. The summed E-state index contributed by atoms with van der Waals surface area (Å²) in [5, 5.41) is 2.95. The summed E-state index contributed by atoms with van der Waals surface area (Å²) < 4.78 is 10.7. The number of carbonyl (C=O) groups is 1. The molecule has 2 unspecified atom stereocenters. The first-order valence-corrected chi connectivity index (χ1v) is 9.76. The van der Waals surface area contributed by atoms with E-state index in [1.165, 1.54) is 0 Å².